The number of thioether (sulfide) groups is 4. The highest BCUT2D eigenvalue weighted by Crippen LogP contribution is 2.26. The van der Waals surface area contributed by atoms with Gasteiger partial charge in [0, 0.05) is 23.0 Å². The van der Waals surface area contributed by atoms with Crippen LogP contribution in [0.5, 0.6) is 0 Å². The Morgan fingerprint density at radius 2 is 0.309 bits per heavy atom. The van der Waals surface area contributed by atoms with E-state index < -0.39 is 5.41 Å². The molecular formula is C85H164O8S4. The highest BCUT2D eigenvalue weighted by Gasteiger charge is 2.38. The van der Waals surface area contributed by atoms with Crippen molar-refractivity contribution in [3.63, 3.8) is 0 Å². The number of unbranched alkanes of at least 4 members (excludes halogenated alkanes) is 56. The quantitative estimate of drug-likeness (QED) is 0.0329. The van der Waals surface area contributed by atoms with Gasteiger partial charge in [-0.2, -0.15) is 47.0 Å². The van der Waals surface area contributed by atoms with Gasteiger partial charge in [0.05, 0.1) is 25.7 Å². The van der Waals surface area contributed by atoms with Crippen molar-refractivity contribution < 1.29 is 38.1 Å². The third-order valence-electron chi connectivity index (χ3n) is 19.5. The molecule has 12 heteroatoms. The molecule has 0 heterocycles. The fourth-order valence-electron chi connectivity index (χ4n) is 12.8. The second-order valence-electron chi connectivity index (χ2n) is 29.4. The topological polar surface area (TPSA) is 105 Å². The molecule has 0 N–H and O–H groups in total. The average molecular weight is 1440 g/mol. The van der Waals surface area contributed by atoms with Gasteiger partial charge in [-0.15, -0.1) is 0 Å². The SMILES string of the molecule is CCCCCCCCCCCCCCCCCSCCC(=O)OCC(COC(=O)CCSCCCCCCCCCCCCCCCCC)(COC(=O)CCSCCCCCCCCCCCCCCCCC)COC(=O)CCSCCCCCCCCCCCCCCCCC. The molecule has 0 bridgehead atoms. The molecule has 0 saturated carbocycles. The van der Waals surface area contributed by atoms with Gasteiger partial charge in [-0.05, 0) is 48.7 Å². The van der Waals surface area contributed by atoms with Crippen LogP contribution in [0.25, 0.3) is 0 Å². The van der Waals surface area contributed by atoms with Gasteiger partial charge in [0.2, 0.25) is 0 Å². The summed E-state index contributed by atoms with van der Waals surface area (Å²) in [6, 6.07) is 0. The van der Waals surface area contributed by atoms with Crippen LogP contribution in [-0.4, -0.2) is 96.3 Å². The first kappa shape index (κ1) is 96.3. The Morgan fingerprint density at radius 3 is 0.443 bits per heavy atom. The Bertz CT molecular complexity index is 1370. The van der Waals surface area contributed by atoms with Crippen LogP contribution in [0.1, 0.15) is 439 Å². The molecule has 0 aliphatic carbocycles. The van der Waals surface area contributed by atoms with Crippen LogP contribution < -0.4 is 0 Å². The molecule has 0 aromatic rings. The molecule has 0 spiro atoms. The van der Waals surface area contributed by atoms with E-state index in [2.05, 4.69) is 27.7 Å². The van der Waals surface area contributed by atoms with E-state index in [0.29, 0.717) is 23.0 Å². The summed E-state index contributed by atoms with van der Waals surface area (Å²) in [7, 11) is 0. The maximum absolute atomic E-state index is 13.5. The number of ether oxygens (including phenoxy) is 4. The summed E-state index contributed by atoms with van der Waals surface area (Å²) < 4.78 is 24.0. The van der Waals surface area contributed by atoms with Gasteiger partial charge < -0.3 is 18.9 Å². The zero-order valence-electron chi connectivity index (χ0n) is 65.1. The second kappa shape index (κ2) is 82.6. The van der Waals surface area contributed by atoms with Gasteiger partial charge in [0.15, 0.2) is 0 Å². The van der Waals surface area contributed by atoms with Crippen molar-refractivity contribution in [1.29, 1.82) is 0 Å². The van der Waals surface area contributed by atoms with Gasteiger partial charge in [-0.25, -0.2) is 0 Å². The molecule has 8 nitrogen and oxygen atoms in total. The van der Waals surface area contributed by atoms with E-state index in [1.807, 2.05) is 0 Å². The molecule has 97 heavy (non-hydrogen) atoms. The van der Waals surface area contributed by atoms with Gasteiger partial charge in [-0.1, -0.05) is 387 Å². The Kier molecular flexibility index (Phi) is 82.0. The molecule has 0 fully saturated rings. The third-order valence-corrected chi connectivity index (χ3v) is 23.8. The number of hydrogen-bond donors (Lipinski definition) is 0. The van der Waals surface area contributed by atoms with Crippen LogP contribution in [0.4, 0.5) is 0 Å². The number of hydrogen-bond acceptors (Lipinski definition) is 12. The van der Waals surface area contributed by atoms with E-state index >= 15 is 0 Å². The zero-order chi connectivity index (χ0) is 70.2. The molecule has 0 atom stereocenters. The Labute approximate surface area is 621 Å². The van der Waals surface area contributed by atoms with Crippen molar-refractivity contribution in [2.45, 2.75) is 439 Å². The third kappa shape index (κ3) is 77.7. The van der Waals surface area contributed by atoms with Crippen LogP contribution in [0.3, 0.4) is 0 Å². The maximum atomic E-state index is 13.5. The summed E-state index contributed by atoms with van der Waals surface area (Å²) in [4.78, 5) is 53.9. The lowest BCUT2D eigenvalue weighted by Crippen LogP contribution is -2.44. The first-order valence-corrected chi connectivity index (χ1v) is 47.4. The fourth-order valence-corrected chi connectivity index (χ4v) is 16.5. The molecule has 0 saturated heterocycles. The standard InChI is InChI=1S/C85H164O8S4/c1-5-9-13-17-21-25-29-33-37-41-45-49-53-57-61-69-94-73-65-81(86)90-77-85(78-91-82(87)66-74-95-70-62-58-54-50-46-42-38-34-30-26-22-18-14-10-6-2,79-92-83(88)67-75-96-71-63-59-55-51-47-43-39-35-31-27-23-19-15-11-7-3)80-93-84(89)68-76-97-72-64-60-56-52-48-44-40-36-32-28-24-20-16-12-8-4/h5-80H2,1-4H3. The molecular weight excluding hydrogens is 1280 g/mol. The van der Waals surface area contributed by atoms with E-state index in [4.69, 9.17) is 18.9 Å². The normalized spacial score (nSPS) is 11.7. The van der Waals surface area contributed by atoms with Crippen molar-refractivity contribution in [3.05, 3.63) is 0 Å². The number of rotatable bonds is 84. The van der Waals surface area contributed by atoms with Crippen molar-refractivity contribution in [2.24, 2.45) is 5.41 Å². The van der Waals surface area contributed by atoms with Crippen LogP contribution >= 0.6 is 47.0 Å². The lowest BCUT2D eigenvalue weighted by Gasteiger charge is -2.31. The molecule has 0 aliphatic rings. The molecule has 0 radical (unpaired) electrons. The summed E-state index contributed by atoms with van der Waals surface area (Å²) in [5, 5.41) is 0. The predicted molar refractivity (Wildman–Crippen MR) is 434 cm³/mol. The molecule has 0 unspecified atom stereocenters. The van der Waals surface area contributed by atoms with Crippen LogP contribution in [0.2, 0.25) is 0 Å². The highest BCUT2D eigenvalue weighted by molar-refractivity contribution is 7.99. The number of carbonyl (C=O) groups excluding carboxylic acids is 4. The minimum atomic E-state index is -1.24. The van der Waals surface area contributed by atoms with Crippen LogP contribution in [-0.2, 0) is 38.1 Å². The molecule has 0 rings (SSSR count). The van der Waals surface area contributed by atoms with Crippen molar-refractivity contribution in [1.82, 2.24) is 0 Å². The number of esters is 4. The lowest BCUT2D eigenvalue weighted by atomic mass is 9.92. The average Bonchev–Trinajstić information content (AvgIpc) is 1.05. The van der Waals surface area contributed by atoms with Crippen molar-refractivity contribution in [3.8, 4) is 0 Å². The van der Waals surface area contributed by atoms with Gasteiger partial charge >= 0.3 is 23.9 Å². The summed E-state index contributed by atoms with van der Waals surface area (Å²) in [5.74, 6) is 5.32. The maximum Gasteiger partial charge on any atom is 0.306 e. The minimum Gasteiger partial charge on any atom is -0.465 e. The molecule has 0 aromatic carbocycles. The molecule has 0 aliphatic heterocycles. The van der Waals surface area contributed by atoms with Gasteiger partial charge in [0.25, 0.3) is 0 Å². The van der Waals surface area contributed by atoms with E-state index in [0.717, 1.165) is 48.7 Å². The van der Waals surface area contributed by atoms with Crippen LogP contribution in [0, 0.1) is 5.41 Å². The first-order chi connectivity index (χ1) is 47.8. The van der Waals surface area contributed by atoms with E-state index in [1.54, 1.807) is 47.0 Å². The summed E-state index contributed by atoms with van der Waals surface area (Å²) in [5.41, 5.74) is -1.24. The molecule has 576 valence electrons. The summed E-state index contributed by atoms with van der Waals surface area (Å²) in [6.07, 6.45) is 81.6. The van der Waals surface area contributed by atoms with E-state index in [-0.39, 0.29) is 76.0 Å². The van der Waals surface area contributed by atoms with Crippen molar-refractivity contribution in [2.75, 3.05) is 72.5 Å². The Hall–Kier alpha value is -0.720. The lowest BCUT2D eigenvalue weighted by molar-refractivity contribution is -0.170. The Morgan fingerprint density at radius 1 is 0.186 bits per heavy atom. The number of carbonyl (C=O) groups is 4. The molecule has 0 aromatic heterocycles. The zero-order valence-corrected chi connectivity index (χ0v) is 68.4. The van der Waals surface area contributed by atoms with Crippen molar-refractivity contribution >= 4 is 70.9 Å². The predicted octanol–water partition coefficient (Wildman–Crippen LogP) is 28.1. The second-order valence-corrected chi connectivity index (χ2v) is 34.3. The molecule has 0 amide bonds. The van der Waals surface area contributed by atoms with Gasteiger partial charge in [0.1, 0.15) is 31.8 Å². The fraction of sp³-hybridized carbons (Fsp3) is 0.953. The smallest absolute Gasteiger partial charge is 0.306 e. The van der Waals surface area contributed by atoms with E-state index in [9.17, 15) is 19.2 Å². The van der Waals surface area contributed by atoms with Crippen LogP contribution in [0.15, 0.2) is 0 Å². The summed E-state index contributed by atoms with van der Waals surface area (Å²) >= 11 is 7.17. The van der Waals surface area contributed by atoms with E-state index in [1.165, 1.54) is 360 Å². The van der Waals surface area contributed by atoms with Gasteiger partial charge in [-0.3, -0.25) is 19.2 Å². The largest absolute Gasteiger partial charge is 0.465 e. The monoisotopic (exact) mass is 1440 g/mol. The summed E-state index contributed by atoms with van der Waals surface area (Å²) in [6.45, 7) is 8.42. The Balaban J connectivity index is 5.38. The minimum absolute atomic E-state index is 0.181. The highest BCUT2D eigenvalue weighted by atomic mass is 32.2. The first-order valence-electron chi connectivity index (χ1n) is 42.8.